The van der Waals surface area contributed by atoms with Gasteiger partial charge in [-0.15, -0.1) is 0 Å². The number of methoxy groups -OCH3 is 1. The molecule has 0 bridgehead atoms. The van der Waals surface area contributed by atoms with Crippen molar-refractivity contribution in [3.8, 4) is 0 Å². The van der Waals surface area contributed by atoms with Crippen LogP contribution in [0.3, 0.4) is 0 Å². The van der Waals surface area contributed by atoms with Gasteiger partial charge in [-0.05, 0) is 31.7 Å². The Bertz CT molecular complexity index is 162. The highest BCUT2D eigenvalue weighted by atomic mass is 16.5. The van der Waals surface area contributed by atoms with Crippen LogP contribution in [-0.4, -0.2) is 25.8 Å². The predicted octanol–water partition coefficient (Wildman–Crippen LogP) is 3.36. The third-order valence-electron chi connectivity index (χ3n) is 3.87. The molecule has 1 N–H and O–H groups in total. The maximum absolute atomic E-state index is 5.61. The molecule has 0 amide bonds. The second-order valence-corrected chi connectivity index (χ2v) is 5.13. The van der Waals surface area contributed by atoms with Crippen molar-refractivity contribution in [1.82, 2.24) is 5.32 Å². The number of ether oxygens (including phenoxy) is 1. The van der Waals surface area contributed by atoms with Gasteiger partial charge < -0.3 is 10.1 Å². The van der Waals surface area contributed by atoms with E-state index in [1.54, 1.807) is 0 Å². The third-order valence-corrected chi connectivity index (χ3v) is 3.87. The fourth-order valence-corrected chi connectivity index (χ4v) is 2.92. The Labute approximate surface area is 101 Å². The number of nitrogens with one attached hydrogen (secondary N) is 1. The van der Waals surface area contributed by atoms with E-state index in [0.29, 0.717) is 12.1 Å². The van der Waals surface area contributed by atoms with Crippen molar-refractivity contribution in [1.29, 1.82) is 0 Å². The molecule has 1 fully saturated rings. The van der Waals surface area contributed by atoms with Crippen molar-refractivity contribution in [3.63, 3.8) is 0 Å². The summed E-state index contributed by atoms with van der Waals surface area (Å²) in [4.78, 5) is 0. The predicted molar refractivity (Wildman–Crippen MR) is 69.7 cm³/mol. The maximum atomic E-state index is 5.61. The first-order valence-electron chi connectivity index (χ1n) is 7.07. The largest absolute Gasteiger partial charge is 0.380 e. The molecule has 1 rings (SSSR count). The molecular weight excluding hydrogens is 198 g/mol. The summed E-state index contributed by atoms with van der Waals surface area (Å²) >= 11 is 0. The van der Waals surface area contributed by atoms with E-state index in [9.17, 15) is 0 Å². The molecule has 2 nitrogen and oxygen atoms in total. The van der Waals surface area contributed by atoms with Crippen LogP contribution in [0.5, 0.6) is 0 Å². The van der Waals surface area contributed by atoms with Gasteiger partial charge in [-0.1, -0.05) is 39.5 Å². The van der Waals surface area contributed by atoms with E-state index in [-0.39, 0.29) is 0 Å². The lowest BCUT2D eigenvalue weighted by Gasteiger charge is -2.28. The average Bonchev–Trinajstić information content (AvgIpc) is 2.80. The second kappa shape index (κ2) is 8.08. The van der Waals surface area contributed by atoms with Crippen LogP contribution >= 0.6 is 0 Å². The number of hydrogen-bond donors (Lipinski definition) is 1. The smallest absolute Gasteiger partial charge is 0.0721 e. The van der Waals surface area contributed by atoms with Crippen LogP contribution in [0, 0.1) is 5.92 Å². The summed E-state index contributed by atoms with van der Waals surface area (Å²) in [7, 11) is 1.85. The Hall–Kier alpha value is -0.0800. The van der Waals surface area contributed by atoms with Gasteiger partial charge in [0.2, 0.25) is 0 Å². The van der Waals surface area contributed by atoms with Gasteiger partial charge in [-0.2, -0.15) is 0 Å². The first-order valence-corrected chi connectivity index (χ1v) is 7.07. The molecule has 0 spiro atoms. The average molecular weight is 227 g/mol. The van der Waals surface area contributed by atoms with Gasteiger partial charge in [0, 0.05) is 13.2 Å². The van der Waals surface area contributed by atoms with E-state index >= 15 is 0 Å². The molecule has 2 atom stereocenters. The van der Waals surface area contributed by atoms with Gasteiger partial charge in [0.05, 0.1) is 6.10 Å². The van der Waals surface area contributed by atoms with Gasteiger partial charge in [-0.25, -0.2) is 0 Å². The molecule has 0 aromatic rings. The topological polar surface area (TPSA) is 21.3 Å². The molecule has 1 saturated carbocycles. The lowest BCUT2D eigenvalue weighted by Crippen LogP contribution is -2.42. The summed E-state index contributed by atoms with van der Waals surface area (Å²) in [6.07, 6.45) is 9.78. The standard InChI is InChI=1S/C14H29NO/c1-4-10-15-13(14(5-2)16-3)11-12-8-6-7-9-12/h12-15H,4-11H2,1-3H3. The molecule has 0 saturated heterocycles. The van der Waals surface area contributed by atoms with Crippen molar-refractivity contribution in [3.05, 3.63) is 0 Å². The molecular formula is C14H29NO. The zero-order valence-electron chi connectivity index (χ0n) is 11.3. The van der Waals surface area contributed by atoms with Gasteiger partial charge in [-0.3, -0.25) is 0 Å². The van der Waals surface area contributed by atoms with E-state index in [4.69, 9.17) is 4.74 Å². The minimum absolute atomic E-state index is 0.396. The fraction of sp³-hybridized carbons (Fsp3) is 1.00. The van der Waals surface area contributed by atoms with Crippen molar-refractivity contribution in [2.45, 2.75) is 70.9 Å². The molecule has 1 aliphatic carbocycles. The van der Waals surface area contributed by atoms with Crippen LogP contribution in [0.25, 0.3) is 0 Å². The number of rotatable bonds is 8. The van der Waals surface area contributed by atoms with E-state index in [0.717, 1.165) is 18.9 Å². The molecule has 0 aliphatic heterocycles. The van der Waals surface area contributed by atoms with Crippen LogP contribution in [0.4, 0.5) is 0 Å². The van der Waals surface area contributed by atoms with Crippen molar-refractivity contribution in [2.75, 3.05) is 13.7 Å². The lowest BCUT2D eigenvalue weighted by atomic mass is 9.94. The Balaban J connectivity index is 2.40. The Morgan fingerprint density at radius 3 is 2.44 bits per heavy atom. The van der Waals surface area contributed by atoms with Crippen LogP contribution in [0.15, 0.2) is 0 Å². The third kappa shape index (κ3) is 4.42. The Morgan fingerprint density at radius 1 is 1.25 bits per heavy atom. The van der Waals surface area contributed by atoms with E-state index in [1.807, 2.05) is 7.11 Å². The summed E-state index contributed by atoms with van der Waals surface area (Å²) in [5, 5.41) is 3.67. The quantitative estimate of drug-likeness (QED) is 0.686. The van der Waals surface area contributed by atoms with Crippen molar-refractivity contribution in [2.24, 2.45) is 5.92 Å². The maximum Gasteiger partial charge on any atom is 0.0721 e. The summed E-state index contributed by atoms with van der Waals surface area (Å²) in [6.45, 7) is 5.58. The zero-order chi connectivity index (χ0) is 11.8. The minimum Gasteiger partial charge on any atom is -0.380 e. The normalized spacial score (nSPS) is 21.2. The molecule has 0 aromatic heterocycles. The van der Waals surface area contributed by atoms with Gasteiger partial charge >= 0.3 is 0 Å². The summed E-state index contributed by atoms with van der Waals surface area (Å²) in [6, 6.07) is 0.568. The summed E-state index contributed by atoms with van der Waals surface area (Å²) < 4.78 is 5.61. The molecule has 0 aromatic carbocycles. The molecule has 1 aliphatic rings. The fourth-order valence-electron chi connectivity index (χ4n) is 2.92. The first-order chi connectivity index (χ1) is 7.81. The first kappa shape index (κ1) is 14.0. The van der Waals surface area contributed by atoms with Crippen LogP contribution in [0.2, 0.25) is 0 Å². The van der Waals surface area contributed by atoms with Crippen LogP contribution in [-0.2, 0) is 4.74 Å². The Morgan fingerprint density at radius 2 is 1.94 bits per heavy atom. The lowest BCUT2D eigenvalue weighted by molar-refractivity contribution is 0.0570. The summed E-state index contributed by atoms with van der Waals surface area (Å²) in [5.74, 6) is 0.943. The highest BCUT2D eigenvalue weighted by Gasteiger charge is 2.24. The zero-order valence-corrected chi connectivity index (χ0v) is 11.3. The van der Waals surface area contributed by atoms with E-state index in [2.05, 4.69) is 19.2 Å². The molecule has 16 heavy (non-hydrogen) atoms. The highest BCUT2D eigenvalue weighted by Crippen LogP contribution is 2.29. The molecule has 2 unspecified atom stereocenters. The molecule has 96 valence electrons. The highest BCUT2D eigenvalue weighted by molar-refractivity contribution is 4.81. The SMILES string of the molecule is CCCNC(CC1CCCC1)C(CC)OC. The van der Waals surface area contributed by atoms with Gasteiger partial charge in [0.25, 0.3) is 0 Å². The molecule has 0 heterocycles. The molecule has 0 radical (unpaired) electrons. The van der Waals surface area contributed by atoms with E-state index < -0.39 is 0 Å². The molecule has 2 heteroatoms. The number of hydrogen-bond acceptors (Lipinski definition) is 2. The van der Waals surface area contributed by atoms with Gasteiger partial charge in [0.1, 0.15) is 0 Å². The van der Waals surface area contributed by atoms with Crippen molar-refractivity contribution < 1.29 is 4.74 Å². The minimum atomic E-state index is 0.396. The van der Waals surface area contributed by atoms with Gasteiger partial charge in [0.15, 0.2) is 0 Å². The Kier molecular flexibility index (Phi) is 7.06. The van der Waals surface area contributed by atoms with Crippen LogP contribution < -0.4 is 5.32 Å². The monoisotopic (exact) mass is 227 g/mol. The summed E-state index contributed by atoms with van der Waals surface area (Å²) in [5.41, 5.74) is 0. The van der Waals surface area contributed by atoms with E-state index in [1.165, 1.54) is 38.5 Å². The van der Waals surface area contributed by atoms with Crippen LogP contribution in [0.1, 0.15) is 58.8 Å². The van der Waals surface area contributed by atoms with Crippen molar-refractivity contribution >= 4 is 0 Å². The second-order valence-electron chi connectivity index (χ2n) is 5.13.